The molecule has 0 spiro atoms. The fraction of sp³-hybridized carbons (Fsp3) is 0.941. The van der Waals surface area contributed by atoms with Gasteiger partial charge < -0.3 is 0 Å². The number of carbonyl (C=O) groups is 1. The van der Waals surface area contributed by atoms with Gasteiger partial charge in [-0.25, -0.2) is 0 Å². The summed E-state index contributed by atoms with van der Waals surface area (Å²) in [6.07, 6.45) is 9.14. The first-order valence-corrected chi connectivity index (χ1v) is 17.0. The van der Waals surface area contributed by atoms with Gasteiger partial charge >= 0.3 is 136 Å². The van der Waals surface area contributed by atoms with E-state index in [0.717, 1.165) is 13.0 Å². The molecule has 0 atom stereocenters. The summed E-state index contributed by atoms with van der Waals surface area (Å²) < 4.78 is 10.8. The van der Waals surface area contributed by atoms with Gasteiger partial charge in [-0.3, -0.25) is 0 Å². The Hall–Kier alpha value is 0.0687. The Kier molecular flexibility index (Phi) is 13.8. The predicted octanol–water partition coefficient (Wildman–Crippen LogP) is 5.58. The van der Waals surface area contributed by atoms with Crippen LogP contribution in [0.4, 0.5) is 4.79 Å². The van der Waals surface area contributed by atoms with E-state index < -0.39 is 18.4 Å². The van der Waals surface area contributed by atoms with Gasteiger partial charge in [-0.15, -0.1) is 0 Å². The molecule has 0 aromatic carbocycles. The standard InChI is InChI=1S/C5H10NO2.3C4H9.Sn/c1-3-4-6-5(7)8-2;3*1-3-4-2;/h1,3-4H2,2H3,(H,6,7);3*1,3-4H2,2H3;. The average Bonchev–Trinajstić information content (AvgIpc) is 2.52. The van der Waals surface area contributed by atoms with Crippen LogP contribution in [0.3, 0.4) is 0 Å². The average molecular weight is 406 g/mol. The van der Waals surface area contributed by atoms with Crippen LogP contribution < -0.4 is 5.32 Å². The summed E-state index contributed by atoms with van der Waals surface area (Å²) >= 11 is -1.97. The van der Waals surface area contributed by atoms with Crippen LogP contribution in [0.15, 0.2) is 0 Å². The molecule has 0 aromatic rings. The fourth-order valence-electron chi connectivity index (χ4n) is 3.13. The van der Waals surface area contributed by atoms with Crippen LogP contribution >= 0.6 is 0 Å². The summed E-state index contributed by atoms with van der Waals surface area (Å²) in [5.74, 6) is 0. The van der Waals surface area contributed by atoms with Crippen molar-refractivity contribution in [3.8, 4) is 0 Å². The molecule has 0 fully saturated rings. The number of alkyl carbamates (subject to hydrolysis) is 1. The van der Waals surface area contributed by atoms with E-state index in [0.29, 0.717) is 0 Å². The molecular formula is C17H37NO2Sn. The molecule has 0 aromatic heterocycles. The van der Waals surface area contributed by atoms with Crippen molar-refractivity contribution in [2.75, 3.05) is 13.7 Å². The van der Waals surface area contributed by atoms with Gasteiger partial charge in [0.2, 0.25) is 0 Å². The maximum absolute atomic E-state index is 11.1. The van der Waals surface area contributed by atoms with Crippen molar-refractivity contribution in [3.05, 3.63) is 0 Å². The van der Waals surface area contributed by atoms with Crippen molar-refractivity contribution >= 4 is 24.5 Å². The summed E-state index contributed by atoms with van der Waals surface area (Å²) in [6, 6.07) is 0. The molecule has 0 radical (unpaired) electrons. The number of ether oxygens (including phenoxy) is 1. The molecule has 0 aliphatic heterocycles. The molecule has 1 N–H and O–H groups in total. The number of nitrogens with one attached hydrogen (secondary N) is 1. The summed E-state index contributed by atoms with van der Waals surface area (Å²) in [5.41, 5.74) is 0. The fourth-order valence-corrected chi connectivity index (χ4v) is 19.5. The van der Waals surface area contributed by atoms with Crippen molar-refractivity contribution in [1.82, 2.24) is 5.32 Å². The zero-order chi connectivity index (χ0) is 16.0. The van der Waals surface area contributed by atoms with Crippen molar-refractivity contribution in [2.24, 2.45) is 0 Å². The monoisotopic (exact) mass is 407 g/mol. The molecule has 0 saturated carbocycles. The molecule has 0 rings (SSSR count). The zero-order valence-electron chi connectivity index (χ0n) is 14.8. The van der Waals surface area contributed by atoms with Gasteiger partial charge in [0.1, 0.15) is 0 Å². The number of amides is 1. The van der Waals surface area contributed by atoms with Crippen LogP contribution in [-0.2, 0) is 4.74 Å². The van der Waals surface area contributed by atoms with Gasteiger partial charge in [0.05, 0.1) is 0 Å². The summed E-state index contributed by atoms with van der Waals surface area (Å²) in [5, 5.41) is 2.85. The van der Waals surface area contributed by atoms with Gasteiger partial charge in [0.15, 0.2) is 0 Å². The Morgan fingerprint density at radius 1 is 0.857 bits per heavy atom. The third-order valence-electron chi connectivity index (χ3n) is 4.52. The molecule has 0 aliphatic carbocycles. The summed E-state index contributed by atoms with van der Waals surface area (Å²) in [4.78, 5) is 11.1. The molecular weight excluding hydrogens is 369 g/mol. The number of carbonyl (C=O) groups excluding carboxylic acids is 1. The molecule has 0 saturated heterocycles. The number of rotatable bonds is 13. The van der Waals surface area contributed by atoms with E-state index in [2.05, 4.69) is 30.8 Å². The molecule has 3 nitrogen and oxygen atoms in total. The Bertz CT molecular complexity index is 237. The summed E-state index contributed by atoms with van der Waals surface area (Å²) in [7, 11) is 1.43. The van der Waals surface area contributed by atoms with E-state index in [4.69, 9.17) is 0 Å². The van der Waals surface area contributed by atoms with Crippen LogP contribution in [-0.4, -0.2) is 38.1 Å². The maximum atomic E-state index is 11.1. The third kappa shape index (κ3) is 10.4. The Balaban J connectivity index is 4.44. The van der Waals surface area contributed by atoms with Gasteiger partial charge in [-0.1, -0.05) is 0 Å². The molecule has 0 bridgehead atoms. The van der Waals surface area contributed by atoms with Crippen LogP contribution in [0.5, 0.6) is 0 Å². The van der Waals surface area contributed by atoms with Crippen LogP contribution in [0.1, 0.15) is 65.7 Å². The minimum atomic E-state index is -1.97. The Morgan fingerprint density at radius 2 is 1.29 bits per heavy atom. The van der Waals surface area contributed by atoms with Crippen LogP contribution in [0.2, 0.25) is 17.7 Å². The van der Waals surface area contributed by atoms with Gasteiger partial charge in [0.25, 0.3) is 0 Å². The van der Waals surface area contributed by atoms with Gasteiger partial charge in [0, 0.05) is 0 Å². The van der Waals surface area contributed by atoms with E-state index in [9.17, 15) is 4.79 Å². The van der Waals surface area contributed by atoms with E-state index in [1.54, 1.807) is 13.3 Å². The second-order valence-electron chi connectivity index (χ2n) is 6.33. The van der Waals surface area contributed by atoms with E-state index in [1.807, 2.05) is 0 Å². The molecule has 0 aliphatic rings. The van der Waals surface area contributed by atoms with Crippen molar-refractivity contribution in [3.63, 3.8) is 0 Å². The SMILES string of the molecule is CCC[CH2][Sn]([CH2]CCC)([CH2]CCC)[CH2]CCNC(=O)OC. The van der Waals surface area contributed by atoms with Crippen molar-refractivity contribution in [1.29, 1.82) is 0 Å². The Morgan fingerprint density at radius 3 is 1.67 bits per heavy atom. The summed E-state index contributed by atoms with van der Waals surface area (Å²) in [6.45, 7) is 7.73. The first-order valence-electron chi connectivity index (χ1n) is 8.96. The quantitative estimate of drug-likeness (QED) is 0.320. The van der Waals surface area contributed by atoms with E-state index in [1.165, 1.54) is 50.1 Å². The first-order chi connectivity index (χ1) is 10.1. The number of hydrogen-bond acceptors (Lipinski definition) is 2. The minimum absolute atomic E-state index is 0.286. The molecule has 0 heterocycles. The number of unbranched alkanes of at least 4 members (excludes halogenated alkanes) is 3. The van der Waals surface area contributed by atoms with Gasteiger partial charge in [-0.05, 0) is 0 Å². The molecule has 4 heteroatoms. The number of hydrogen-bond donors (Lipinski definition) is 1. The zero-order valence-corrected chi connectivity index (χ0v) is 17.7. The van der Waals surface area contributed by atoms with Crippen molar-refractivity contribution in [2.45, 2.75) is 83.5 Å². The van der Waals surface area contributed by atoms with Crippen LogP contribution in [0, 0.1) is 0 Å². The van der Waals surface area contributed by atoms with Crippen molar-refractivity contribution < 1.29 is 9.53 Å². The molecule has 21 heavy (non-hydrogen) atoms. The van der Waals surface area contributed by atoms with Crippen LogP contribution in [0.25, 0.3) is 0 Å². The molecule has 1 amide bonds. The molecule has 126 valence electrons. The predicted molar refractivity (Wildman–Crippen MR) is 94.7 cm³/mol. The number of methoxy groups -OCH3 is 1. The molecule has 0 unspecified atom stereocenters. The second-order valence-corrected chi connectivity index (χ2v) is 20.6. The van der Waals surface area contributed by atoms with E-state index >= 15 is 0 Å². The second kappa shape index (κ2) is 13.7. The Labute approximate surface area is 136 Å². The first kappa shape index (κ1) is 21.1. The third-order valence-corrected chi connectivity index (χ3v) is 20.7. The topological polar surface area (TPSA) is 38.3 Å². The normalized spacial score (nSPS) is 11.4. The van der Waals surface area contributed by atoms with E-state index in [-0.39, 0.29) is 6.09 Å². The van der Waals surface area contributed by atoms with Gasteiger partial charge in [-0.2, -0.15) is 0 Å².